The highest BCUT2D eigenvalue weighted by molar-refractivity contribution is 7.10. The summed E-state index contributed by atoms with van der Waals surface area (Å²) < 4.78 is 5.30. The number of hydrogen-bond acceptors (Lipinski definition) is 4. The van der Waals surface area contributed by atoms with E-state index >= 15 is 0 Å². The Labute approximate surface area is 95.6 Å². The Morgan fingerprint density at radius 3 is 2.93 bits per heavy atom. The van der Waals surface area contributed by atoms with E-state index < -0.39 is 0 Å². The van der Waals surface area contributed by atoms with Crippen molar-refractivity contribution in [3.63, 3.8) is 0 Å². The van der Waals surface area contributed by atoms with Crippen LogP contribution in [0.4, 0.5) is 0 Å². The highest BCUT2D eigenvalue weighted by Crippen LogP contribution is 2.23. The van der Waals surface area contributed by atoms with E-state index in [1.165, 1.54) is 10.4 Å². The van der Waals surface area contributed by atoms with Gasteiger partial charge in [0.1, 0.15) is 0 Å². The fourth-order valence-electron chi connectivity index (χ4n) is 1.53. The second kappa shape index (κ2) is 6.95. The molecular formula is C11H20N2OS. The second-order valence-electron chi connectivity index (χ2n) is 3.55. The maximum atomic E-state index is 5.54. The number of aryl methyl sites for hydroxylation is 1. The first-order chi connectivity index (χ1) is 7.27. The molecule has 0 radical (unpaired) electrons. The maximum absolute atomic E-state index is 5.54. The van der Waals surface area contributed by atoms with E-state index in [0.717, 1.165) is 26.1 Å². The summed E-state index contributed by atoms with van der Waals surface area (Å²) in [5.74, 6) is 5.54. The molecule has 1 atom stereocenters. The van der Waals surface area contributed by atoms with Crippen LogP contribution in [0.3, 0.4) is 0 Å². The molecule has 0 saturated heterocycles. The first kappa shape index (κ1) is 12.6. The first-order valence-electron chi connectivity index (χ1n) is 5.36. The summed E-state index contributed by atoms with van der Waals surface area (Å²) in [5, 5.41) is 2.17. The SMILES string of the molecule is CCOCCCC(NN)c1csc(C)c1. The van der Waals surface area contributed by atoms with Crippen LogP contribution in [0, 0.1) is 6.92 Å². The second-order valence-corrected chi connectivity index (χ2v) is 4.66. The van der Waals surface area contributed by atoms with Gasteiger partial charge >= 0.3 is 0 Å². The van der Waals surface area contributed by atoms with Crippen molar-refractivity contribution in [3.05, 3.63) is 21.9 Å². The molecule has 1 heterocycles. The minimum atomic E-state index is 0.260. The highest BCUT2D eigenvalue weighted by Gasteiger charge is 2.10. The predicted octanol–water partition coefficient (Wildman–Crippen LogP) is 2.38. The first-order valence-corrected chi connectivity index (χ1v) is 6.24. The van der Waals surface area contributed by atoms with Gasteiger partial charge in [-0.25, -0.2) is 0 Å². The zero-order valence-electron chi connectivity index (χ0n) is 9.45. The fraction of sp³-hybridized carbons (Fsp3) is 0.636. The van der Waals surface area contributed by atoms with Crippen LogP contribution in [-0.4, -0.2) is 13.2 Å². The Hall–Kier alpha value is -0.420. The molecule has 0 amide bonds. The third-order valence-corrected chi connectivity index (χ3v) is 3.22. The Balaban J connectivity index is 2.35. The zero-order valence-corrected chi connectivity index (χ0v) is 10.3. The molecule has 3 N–H and O–H groups in total. The van der Waals surface area contributed by atoms with Crippen molar-refractivity contribution < 1.29 is 4.74 Å². The maximum Gasteiger partial charge on any atom is 0.0469 e. The molecule has 86 valence electrons. The van der Waals surface area contributed by atoms with E-state index in [0.29, 0.717) is 0 Å². The summed E-state index contributed by atoms with van der Waals surface area (Å²) >= 11 is 1.77. The van der Waals surface area contributed by atoms with Gasteiger partial charge in [-0.05, 0) is 43.7 Å². The highest BCUT2D eigenvalue weighted by atomic mass is 32.1. The van der Waals surface area contributed by atoms with Gasteiger partial charge in [-0.3, -0.25) is 11.3 Å². The van der Waals surface area contributed by atoms with Gasteiger partial charge in [0.25, 0.3) is 0 Å². The quantitative estimate of drug-likeness (QED) is 0.428. The standard InChI is InChI=1S/C11H20N2OS/c1-3-14-6-4-5-11(13-12)10-7-9(2)15-8-10/h7-8,11,13H,3-6,12H2,1-2H3. The number of ether oxygens (including phenoxy) is 1. The van der Waals surface area contributed by atoms with Crippen LogP contribution in [0.5, 0.6) is 0 Å². The molecule has 1 rings (SSSR count). The molecule has 3 nitrogen and oxygen atoms in total. The van der Waals surface area contributed by atoms with Crippen molar-refractivity contribution in [1.29, 1.82) is 0 Å². The molecule has 15 heavy (non-hydrogen) atoms. The van der Waals surface area contributed by atoms with Crippen LogP contribution in [0.1, 0.15) is 36.2 Å². The molecule has 0 saturated carbocycles. The van der Waals surface area contributed by atoms with Crippen LogP contribution >= 0.6 is 11.3 Å². The lowest BCUT2D eigenvalue weighted by Crippen LogP contribution is -2.27. The minimum Gasteiger partial charge on any atom is -0.382 e. The third-order valence-electron chi connectivity index (χ3n) is 2.34. The van der Waals surface area contributed by atoms with Crippen molar-refractivity contribution in [2.75, 3.05) is 13.2 Å². The summed E-state index contributed by atoms with van der Waals surface area (Å²) in [4.78, 5) is 1.33. The zero-order chi connectivity index (χ0) is 11.1. The van der Waals surface area contributed by atoms with Crippen molar-refractivity contribution in [2.24, 2.45) is 5.84 Å². The third kappa shape index (κ3) is 4.30. The van der Waals surface area contributed by atoms with Crippen molar-refractivity contribution in [2.45, 2.75) is 32.7 Å². The van der Waals surface area contributed by atoms with E-state index in [1.54, 1.807) is 11.3 Å². The Bertz CT molecular complexity index is 275. The Kier molecular flexibility index (Phi) is 5.86. The van der Waals surface area contributed by atoms with E-state index in [4.69, 9.17) is 10.6 Å². The lowest BCUT2D eigenvalue weighted by Gasteiger charge is -2.14. The largest absolute Gasteiger partial charge is 0.382 e. The lowest BCUT2D eigenvalue weighted by molar-refractivity contribution is 0.141. The van der Waals surface area contributed by atoms with Gasteiger partial charge in [-0.2, -0.15) is 0 Å². The monoisotopic (exact) mass is 228 g/mol. The van der Waals surface area contributed by atoms with Crippen molar-refractivity contribution in [3.8, 4) is 0 Å². The Morgan fingerprint density at radius 2 is 2.40 bits per heavy atom. The number of thiophene rings is 1. The average Bonchev–Trinajstić information content (AvgIpc) is 2.65. The lowest BCUT2D eigenvalue weighted by atomic mass is 10.1. The molecule has 0 aliphatic heterocycles. The van der Waals surface area contributed by atoms with Gasteiger partial charge in [0, 0.05) is 24.1 Å². The summed E-state index contributed by atoms with van der Waals surface area (Å²) in [6, 6.07) is 2.45. The summed E-state index contributed by atoms with van der Waals surface area (Å²) in [5.41, 5.74) is 4.15. The summed E-state index contributed by atoms with van der Waals surface area (Å²) in [6.45, 7) is 5.74. The van der Waals surface area contributed by atoms with Crippen LogP contribution in [0.15, 0.2) is 11.4 Å². The molecule has 1 unspecified atom stereocenters. The van der Waals surface area contributed by atoms with Gasteiger partial charge in [-0.15, -0.1) is 11.3 Å². The minimum absolute atomic E-state index is 0.260. The molecule has 1 aromatic rings. The van der Waals surface area contributed by atoms with Gasteiger partial charge < -0.3 is 4.74 Å². The van der Waals surface area contributed by atoms with E-state index in [1.807, 2.05) is 6.92 Å². The van der Waals surface area contributed by atoms with Crippen LogP contribution < -0.4 is 11.3 Å². The molecule has 4 heteroatoms. The molecule has 1 aromatic heterocycles. The molecule has 0 aliphatic carbocycles. The number of nitrogens with one attached hydrogen (secondary N) is 1. The molecule has 0 aliphatic rings. The van der Waals surface area contributed by atoms with Gasteiger partial charge in [-0.1, -0.05) is 0 Å². The number of nitrogens with two attached hydrogens (primary N) is 1. The van der Waals surface area contributed by atoms with Crippen LogP contribution in [0.25, 0.3) is 0 Å². The van der Waals surface area contributed by atoms with E-state index in [-0.39, 0.29) is 6.04 Å². The smallest absolute Gasteiger partial charge is 0.0469 e. The average molecular weight is 228 g/mol. The van der Waals surface area contributed by atoms with Crippen LogP contribution in [0.2, 0.25) is 0 Å². The summed E-state index contributed by atoms with van der Waals surface area (Å²) in [6.07, 6.45) is 2.06. The summed E-state index contributed by atoms with van der Waals surface area (Å²) in [7, 11) is 0. The number of rotatable bonds is 7. The van der Waals surface area contributed by atoms with Gasteiger partial charge in [0.15, 0.2) is 0 Å². The molecular weight excluding hydrogens is 208 g/mol. The normalized spacial score (nSPS) is 13.0. The molecule has 0 spiro atoms. The van der Waals surface area contributed by atoms with Gasteiger partial charge in [0.2, 0.25) is 0 Å². The van der Waals surface area contributed by atoms with E-state index in [2.05, 4.69) is 23.8 Å². The van der Waals surface area contributed by atoms with Gasteiger partial charge in [0.05, 0.1) is 0 Å². The Morgan fingerprint density at radius 1 is 1.60 bits per heavy atom. The molecule has 0 bridgehead atoms. The molecule has 0 fully saturated rings. The van der Waals surface area contributed by atoms with E-state index in [9.17, 15) is 0 Å². The topological polar surface area (TPSA) is 47.3 Å². The molecule has 0 aromatic carbocycles. The van der Waals surface area contributed by atoms with Crippen molar-refractivity contribution in [1.82, 2.24) is 5.43 Å². The number of hydrazine groups is 1. The predicted molar refractivity (Wildman–Crippen MR) is 64.8 cm³/mol. The number of hydrogen-bond donors (Lipinski definition) is 2. The van der Waals surface area contributed by atoms with Crippen LogP contribution in [-0.2, 0) is 4.74 Å². The van der Waals surface area contributed by atoms with Crippen molar-refractivity contribution >= 4 is 11.3 Å². The fourth-order valence-corrected chi connectivity index (χ4v) is 2.28.